The largest absolute Gasteiger partial charge is 0.361 e. The molecule has 0 saturated carbocycles. The molecule has 1 aromatic heterocycles. The zero-order chi connectivity index (χ0) is 13.1. The predicted molar refractivity (Wildman–Crippen MR) is 62.9 cm³/mol. The molecule has 0 bridgehead atoms. The fraction of sp³-hybridized carbons (Fsp3) is 0.308. The summed E-state index contributed by atoms with van der Waals surface area (Å²) in [6.07, 6.45) is 0. The van der Waals surface area contributed by atoms with Gasteiger partial charge in [-0.3, -0.25) is 0 Å². The fourth-order valence-electron chi connectivity index (χ4n) is 1.74. The van der Waals surface area contributed by atoms with Crippen molar-refractivity contribution >= 4 is 0 Å². The topological polar surface area (TPSA) is 38.1 Å². The first-order chi connectivity index (χ1) is 8.58. The molecule has 0 amide bonds. The molecule has 0 aliphatic heterocycles. The Bertz CT molecular complexity index is 532. The van der Waals surface area contributed by atoms with E-state index in [1.54, 1.807) is 0 Å². The van der Waals surface area contributed by atoms with Gasteiger partial charge in [-0.25, -0.2) is 8.78 Å². The van der Waals surface area contributed by atoms with Crippen molar-refractivity contribution < 1.29 is 13.3 Å². The number of aromatic nitrogens is 1. The number of rotatable bonds is 4. The molecule has 1 N–H and O–H groups in total. The lowest BCUT2D eigenvalue weighted by Crippen LogP contribution is -2.14. The van der Waals surface area contributed by atoms with E-state index in [0.717, 1.165) is 23.1 Å². The Kier molecular flexibility index (Phi) is 3.72. The Labute approximate surface area is 104 Å². The average molecular weight is 252 g/mol. The molecule has 0 aliphatic rings. The SMILES string of the molecule is Cc1noc(C)c1CNCc1ccc(F)cc1F. The average Bonchev–Trinajstić information content (AvgIpc) is 2.63. The van der Waals surface area contributed by atoms with Gasteiger partial charge in [-0.1, -0.05) is 11.2 Å². The Morgan fingerprint density at radius 3 is 2.61 bits per heavy atom. The minimum Gasteiger partial charge on any atom is -0.361 e. The molecule has 1 heterocycles. The summed E-state index contributed by atoms with van der Waals surface area (Å²) in [6, 6.07) is 3.56. The summed E-state index contributed by atoms with van der Waals surface area (Å²) in [7, 11) is 0. The van der Waals surface area contributed by atoms with Gasteiger partial charge in [-0.05, 0) is 19.9 Å². The van der Waals surface area contributed by atoms with Crippen molar-refractivity contribution in [3.05, 3.63) is 52.4 Å². The maximum absolute atomic E-state index is 13.4. The molecule has 96 valence electrons. The third-order valence-corrected chi connectivity index (χ3v) is 2.81. The molecule has 0 radical (unpaired) electrons. The molecule has 18 heavy (non-hydrogen) atoms. The lowest BCUT2D eigenvalue weighted by molar-refractivity contribution is 0.392. The van der Waals surface area contributed by atoms with Crippen LogP contribution in [0.15, 0.2) is 22.7 Å². The molecule has 0 saturated heterocycles. The first kappa shape index (κ1) is 12.7. The van der Waals surface area contributed by atoms with E-state index in [4.69, 9.17) is 4.52 Å². The summed E-state index contributed by atoms with van der Waals surface area (Å²) < 4.78 is 31.1. The van der Waals surface area contributed by atoms with Crippen LogP contribution < -0.4 is 5.32 Å². The van der Waals surface area contributed by atoms with Crippen LogP contribution in [0.5, 0.6) is 0 Å². The van der Waals surface area contributed by atoms with Gasteiger partial charge in [-0.2, -0.15) is 0 Å². The fourth-order valence-corrected chi connectivity index (χ4v) is 1.74. The lowest BCUT2D eigenvalue weighted by atomic mass is 10.2. The predicted octanol–water partition coefficient (Wildman–Crippen LogP) is 2.86. The van der Waals surface area contributed by atoms with E-state index in [1.165, 1.54) is 12.1 Å². The zero-order valence-electron chi connectivity index (χ0n) is 10.3. The monoisotopic (exact) mass is 252 g/mol. The molecule has 0 atom stereocenters. The molecule has 0 fully saturated rings. The van der Waals surface area contributed by atoms with Gasteiger partial charge < -0.3 is 9.84 Å². The Morgan fingerprint density at radius 1 is 1.22 bits per heavy atom. The van der Waals surface area contributed by atoms with Gasteiger partial charge in [0.1, 0.15) is 17.4 Å². The second-order valence-corrected chi connectivity index (χ2v) is 4.14. The summed E-state index contributed by atoms with van der Waals surface area (Å²) in [5.41, 5.74) is 2.22. The summed E-state index contributed by atoms with van der Waals surface area (Å²) in [5.74, 6) is -0.359. The van der Waals surface area contributed by atoms with Gasteiger partial charge in [0.05, 0.1) is 5.69 Å². The van der Waals surface area contributed by atoms with Crippen LogP contribution in [0.1, 0.15) is 22.6 Å². The molecular formula is C13H14F2N2O. The molecule has 3 nitrogen and oxygen atoms in total. The van der Waals surface area contributed by atoms with Crippen LogP contribution in [0.25, 0.3) is 0 Å². The van der Waals surface area contributed by atoms with Gasteiger partial charge in [0.15, 0.2) is 0 Å². The van der Waals surface area contributed by atoms with Crippen molar-refractivity contribution in [2.45, 2.75) is 26.9 Å². The van der Waals surface area contributed by atoms with Gasteiger partial charge >= 0.3 is 0 Å². The maximum Gasteiger partial charge on any atom is 0.138 e. The van der Waals surface area contributed by atoms with Crippen molar-refractivity contribution in [2.24, 2.45) is 0 Å². The van der Waals surface area contributed by atoms with Crippen molar-refractivity contribution in [1.29, 1.82) is 0 Å². The second kappa shape index (κ2) is 5.27. The van der Waals surface area contributed by atoms with Crippen molar-refractivity contribution in [3.8, 4) is 0 Å². The van der Waals surface area contributed by atoms with Crippen molar-refractivity contribution in [3.63, 3.8) is 0 Å². The molecule has 0 unspecified atom stereocenters. The molecule has 0 aliphatic carbocycles. The van der Waals surface area contributed by atoms with Gasteiger partial charge in [0.2, 0.25) is 0 Å². The number of hydrogen-bond acceptors (Lipinski definition) is 3. The quantitative estimate of drug-likeness (QED) is 0.909. The molecular weight excluding hydrogens is 238 g/mol. The number of hydrogen-bond donors (Lipinski definition) is 1. The third kappa shape index (κ3) is 2.73. The number of aryl methyl sites for hydroxylation is 2. The third-order valence-electron chi connectivity index (χ3n) is 2.81. The molecule has 2 aromatic rings. The normalized spacial score (nSPS) is 10.9. The minimum absolute atomic E-state index is 0.330. The summed E-state index contributed by atoms with van der Waals surface area (Å²) >= 11 is 0. The van der Waals surface area contributed by atoms with E-state index in [1.807, 2.05) is 13.8 Å². The Hall–Kier alpha value is -1.75. The smallest absolute Gasteiger partial charge is 0.138 e. The second-order valence-electron chi connectivity index (χ2n) is 4.14. The first-order valence-electron chi connectivity index (χ1n) is 5.64. The first-order valence-corrected chi connectivity index (χ1v) is 5.64. The van der Waals surface area contributed by atoms with Gasteiger partial charge in [0.25, 0.3) is 0 Å². The zero-order valence-corrected chi connectivity index (χ0v) is 10.3. The Morgan fingerprint density at radius 2 is 2.00 bits per heavy atom. The Balaban J connectivity index is 1.96. The van der Waals surface area contributed by atoms with Crippen molar-refractivity contribution in [2.75, 3.05) is 0 Å². The van der Waals surface area contributed by atoms with Crippen LogP contribution in [0.3, 0.4) is 0 Å². The van der Waals surface area contributed by atoms with Gasteiger partial charge in [-0.15, -0.1) is 0 Å². The van der Waals surface area contributed by atoms with Crippen LogP contribution in [0, 0.1) is 25.5 Å². The molecule has 2 rings (SSSR count). The van der Waals surface area contributed by atoms with Crippen LogP contribution in [-0.2, 0) is 13.1 Å². The van der Waals surface area contributed by atoms with Crippen LogP contribution in [0.2, 0.25) is 0 Å². The number of nitrogens with one attached hydrogen (secondary N) is 1. The van der Waals surface area contributed by atoms with E-state index in [9.17, 15) is 8.78 Å². The van der Waals surface area contributed by atoms with Gasteiger partial charge in [0, 0.05) is 30.3 Å². The van der Waals surface area contributed by atoms with E-state index >= 15 is 0 Å². The molecule has 1 aromatic carbocycles. The van der Waals surface area contributed by atoms with Crippen LogP contribution in [0.4, 0.5) is 8.78 Å². The maximum atomic E-state index is 13.4. The highest BCUT2D eigenvalue weighted by atomic mass is 19.1. The molecule has 0 spiro atoms. The standard InChI is InChI=1S/C13H14F2N2O/c1-8-12(9(2)18-17-8)7-16-6-10-3-4-11(14)5-13(10)15/h3-5,16H,6-7H2,1-2H3. The van der Waals surface area contributed by atoms with Crippen LogP contribution in [-0.4, -0.2) is 5.16 Å². The highest BCUT2D eigenvalue weighted by Crippen LogP contribution is 2.13. The van der Waals surface area contributed by atoms with E-state index in [2.05, 4.69) is 10.5 Å². The summed E-state index contributed by atoms with van der Waals surface area (Å²) in [4.78, 5) is 0. The highest BCUT2D eigenvalue weighted by molar-refractivity contribution is 5.21. The lowest BCUT2D eigenvalue weighted by Gasteiger charge is -2.05. The summed E-state index contributed by atoms with van der Waals surface area (Å²) in [5, 5.41) is 6.92. The van der Waals surface area contributed by atoms with Crippen LogP contribution >= 0.6 is 0 Å². The van der Waals surface area contributed by atoms with Crippen molar-refractivity contribution in [1.82, 2.24) is 10.5 Å². The van der Waals surface area contributed by atoms with E-state index in [-0.39, 0.29) is 0 Å². The summed E-state index contributed by atoms with van der Waals surface area (Å²) in [6.45, 7) is 4.55. The number of benzene rings is 1. The highest BCUT2D eigenvalue weighted by Gasteiger charge is 2.09. The molecule has 5 heteroatoms. The van der Waals surface area contributed by atoms with E-state index < -0.39 is 11.6 Å². The number of nitrogens with zero attached hydrogens (tertiary/aromatic N) is 1. The number of halogens is 2. The minimum atomic E-state index is -0.568. The van der Waals surface area contributed by atoms with E-state index in [0.29, 0.717) is 18.7 Å².